The van der Waals surface area contributed by atoms with Gasteiger partial charge >= 0.3 is 0 Å². The van der Waals surface area contributed by atoms with Gasteiger partial charge in [0.1, 0.15) is 0 Å². The third-order valence-corrected chi connectivity index (χ3v) is 3.77. The van der Waals surface area contributed by atoms with Crippen LogP contribution in [0, 0.1) is 0 Å². The molecule has 0 amide bonds. The third kappa shape index (κ3) is 6.39. The minimum Gasteiger partial charge on any atom is -0.380 e. The first-order chi connectivity index (χ1) is 8.24. The van der Waals surface area contributed by atoms with E-state index in [-0.39, 0.29) is 6.10 Å². The zero-order chi connectivity index (χ0) is 12.5. The highest BCUT2D eigenvalue weighted by molar-refractivity contribution is 4.68. The average Bonchev–Trinajstić information content (AvgIpc) is 2.38. The van der Waals surface area contributed by atoms with Crippen LogP contribution >= 0.6 is 0 Å². The monoisotopic (exact) mass is 243 g/mol. The fourth-order valence-electron chi connectivity index (χ4n) is 2.25. The Labute approximate surface area is 106 Å². The van der Waals surface area contributed by atoms with Crippen molar-refractivity contribution >= 4 is 0 Å². The van der Waals surface area contributed by atoms with Gasteiger partial charge in [-0.15, -0.1) is 0 Å². The molecule has 1 fully saturated rings. The molecule has 0 aromatic carbocycles. The number of rotatable bonds is 8. The van der Waals surface area contributed by atoms with Crippen molar-refractivity contribution < 1.29 is 9.47 Å². The van der Waals surface area contributed by atoms with Crippen molar-refractivity contribution in [2.75, 3.05) is 20.3 Å². The highest BCUT2D eigenvalue weighted by Gasteiger charge is 2.13. The molecule has 1 aliphatic rings. The third-order valence-electron chi connectivity index (χ3n) is 3.77. The van der Waals surface area contributed by atoms with E-state index in [4.69, 9.17) is 9.47 Å². The van der Waals surface area contributed by atoms with Crippen molar-refractivity contribution in [3.8, 4) is 0 Å². The molecule has 1 saturated carbocycles. The number of methoxy groups -OCH3 is 1. The standard InChI is InChI=1S/C14H29NO2/c1-12(13(2)16-3)15-10-7-11-17-14-8-5-4-6-9-14/h12-15H,4-11H2,1-3H3. The van der Waals surface area contributed by atoms with Crippen molar-refractivity contribution in [2.45, 2.75) is 70.6 Å². The van der Waals surface area contributed by atoms with Crippen LogP contribution in [0.15, 0.2) is 0 Å². The Morgan fingerprint density at radius 1 is 1.18 bits per heavy atom. The van der Waals surface area contributed by atoms with Gasteiger partial charge in [-0.05, 0) is 39.7 Å². The van der Waals surface area contributed by atoms with Gasteiger partial charge in [-0.2, -0.15) is 0 Å². The van der Waals surface area contributed by atoms with E-state index in [2.05, 4.69) is 19.2 Å². The van der Waals surface area contributed by atoms with Gasteiger partial charge in [0.15, 0.2) is 0 Å². The second-order valence-corrected chi connectivity index (χ2v) is 5.17. The maximum Gasteiger partial charge on any atom is 0.0693 e. The number of hydrogen-bond donors (Lipinski definition) is 1. The summed E-state index contributed by atoms with van der Waals surface area (Å²) in [5, 5.41) is 3.47. The molecule has 0 saturated heterocycles. The molecule has 2 unspecified atom stereocenters. The zero-order valence-electron chi connectivity index (χ0n) is 11.7. The lowest BCUT2D eigenvalue weighted by atomic mass is 9.98. The van der Waals surface area contributed by atoms with Gasteiger partial charge < -0.3 is 14.8 Å². The van der Waals surface area contributed by atoms with Crippen LogP contribution in [-0.4, -0.2) is 38.5 Å². The largest absolute Gasteiger partial charge is 0.380 e. The van der Waals surface area contributed by atoms with Crippen molar-refractivity contribution in [1.82, 2.24) is 5.32 Å². The zero-order valence-corrected chi connectivity index (χ0v) is 11.7. The molecule has 102 valence electrons. The van der Waals surface area contributed by atoms with E-state index >= 15 is 0 Å². The summed E-state index contributed by atoms with van der Waals surface area (Å²) in [7, 11) is 1.76. The quantitative estimate of drug-likeness (QED) is 0.665. The van der Waals surface area contributed by atoms with E-state index in [0.29, 0.717) is 12.1 Å². The maximum absolute atomic E-state index is 5.88. The predicted octanol–water partition coefficient (Wildman–Crippen LogP) is 2.74. The molecule has 1 N–H and O–H groups in total. The molecule has 0 heterocycles. The topological polar surface area (TPSA) is 30.5 Å². The molecule has 0 aromatic rings. The lowest BCUT2D eigenvalue weighted by Crippen LogP contribution is -2.37. The molecule has 2 atom stereocenters. The Hall–Kier alpha value is -0.120. The molecule has 0 bridgehead atoms. The van der Waals surface area contributed by atoms with E-state index in [0.717, 1.165) is 19.6 Å². The molecule has 3 nitrogen and oxygen atoms in total. The van der Waals surface area contributed by atoms with Crippen LogP contribution in [0.4, 0.5) is 0 Å². The van der Waals surface area contributed by atoms with Crippen LogP contribution in [0.1, 0.15) is 52.4 Å². The van der Waals surface area contributed by atoms with Crippen molar-refractivity contribution in [3.63, 3.8) is 0 Å². The van der Waals surface area contributed by atoms with Gasteiger partial charge in [0.2, 0.25) is 0 Å². The van der Waals surface area contributed by atoms with Crippen LogP contribution in [0.5, 0.6) is 0 Å². The normalized spacial score (nSPS) is 21.4. The Bertz CT molecular complexity index is 177. The summed E-state index contributed by atoms with van der Waals surface area (Å²) in [5.74, 6) is 0. The number of nitrogens with one attached hydrogen (secondary N) is 1. The molecular formula is C14H29NO2. The average molecular weight is 243 g/mol. The summed E-state index contributed by atoms with van der Waals surface area (Å²) in [6.07, 6.45) is 8.55. The maximum atomic E-state index is 5.88. The van der Waals surface area contributed by atoms with E-state index < -0.39 is 0 Å². The van der Waals surface area contributed by atoms with E-state index in [9.17, 15) is 0 Å². The molecule has 0 aliphatic heterocycles. The summed E-state index contributed by atoms with van der Waals surface area (Å²) < 4.78 is 11.2. The second kappa shape index (κ2) is 8.90. The van der Waals surface area contributed by atoms with Gasteiger partial charge in [0.05, 0.1) is 12.2 Å². The van der Waals surface area contributed by atoms with E-state index in [1.807, 2.05) is 0 Å². The molecular weight excluding hydrogens is 214 g/mol. The first-order valence-corrected chi connectivity index (χ1v) is 7.12. The molecule has 0 spiro atoms. The smallest absolute Gasteiger partial charge is 0.0693 e. The van der Waals surface area contributed by atoms with Crippen LogP contribution in [0.25, 0.3) is 0 Å². The van der Waals surface area contributed by atoms with Gasteiger partial charge in [0, 0.05) is 19.8 Å². The Morgan fingerprint density at radius 2 is 1.88 bits per heavy atom. The lowest BCUT2D eigenvalue weighted by Gasteiger charge is -2.23. The number of ether oxygens (including phenoxy) is 2. The molecule has 0 radical (unpaired) electrons. The minimum atomic E-state index is 0.272. The molecule has 0 aromatic heterocycles. The van der Waals surface area contributed by atoms with Crippen LogP contribution in [-0.2, 0) is 9.47 Å². The van der Waals surface area contributed by atoms with Crippen molar-refractivity contribution in [1.29, 1.82) is 0 Å². The highest BCUT2D eigenvalue weighted by atomic mass is 16.5. The summed E-state index contributed by atoms with van der Waals surface area (Å²) in [6.45, 7) is 6.17. The summed E-state index contributed by atoms with van der Waals surface area (Å²) >= 11 is 0. The Balaban J connectivity index is 1.93. The van der Waals surface area contributed by atoms with Gasteiger partial charge in [-0.3, -0.25) is 0 Å². The SMILES string of the molecule is COC(C)C(C)NCCCOC1CCCCC1. The summed E-state index contributed by atoms with van der Waals surface area (Å²) in [5.41, 5.74) is 0. The molecule has 1 rings (SSSR count). The summed E-state index contributed by atoms with van der Waals surface area (Å²) in [6, 6.07) is 0.412. The van der Waals surface area contributed by atoms with E-state index in [1.165, 1.54) is 32.1 Å². The second-order valence-electron chi connectivity index (χ2n) is 5.17. The highest BCUT2D eigenvalue weighted by Crippen LogP contribution is 2.20. The molecule has 3 heteroatoms. The lowest BCUT2D eigenvalue weighted by molar-refractivity contribution is 0.0260. The predicted molar refractivity (Wildman–Crippen MR) is 71.4 cm³/mol. The Morgan fingerprint density at radius 3 is 2.53 bits per heavy atom. The minimum absolute atomic E-state index is 0.272. The number of hydrogen-bond acceptors (Lipinski definition) is 3. The first kappa shape index (κ1) is 14.9. The van der Waals surface area contributed by atoms with Gasteiger partial charge in [-0.25, -0.2) is 0 Å². The fourth-order valence-corrected chi connectivity index (χ4v) is 2.25. The van der Waals surface area contributed by atoms with Crippen LogP contribution in [0.2, 0.25) is 0 Å². The van der Waals surface area contributed by atoms with Gasteiger partial charge in [0.25, 0.3) is 0 Å². The fraction of sp³-hybridized carbons (Fsp3) is 1.00. The van der Waals surface area contributed by atoms with Crippen LogP contribution in [0.3, 0.4) is 0 Å². The molecule has 17 heavy (non-hydrogen) atoms. The van der Waals surface area contributed by atoms with Crippen molar-refractivity contribution in [2.24, 2.45) is 0 Å². The van der Waals surface area contributed by atoms with Crippen molar-refractivity contribution in [3.05, 3.63) is 0 Å². The van der Waals surface area contributed by atoms with Gasteiger partial charge in [-0.1, -0.05) is 19.3 Å². The first-order valence-electron chi connectivity index (χ1n) is 7.12. The van der Waals surface area contributed by atoms with E-state index in [1.54, 1.807) is 7.11 Å². The van der Waals surface area contributed by atoms with Crippen LogP contribution < -0.4 is 5.32 Å². The molecule has 1 aliphatic carbocycles. The Kier molecular flexibility index (Phi) is 7.82. The summed E-state index contributed by atoms with van der Waals surface area (Å²) in [4.78, 5) is 0.